The summed E-state index contributed by atoms with van der Waals surface area (Å²) in [5.74, 6) is -0.282. The normalized spacial score (nSPS) is 23.4. The molecule has 1 saturated carbocycles. The van der Waals surface area contributed by atoms with Crippen LogP contribution in [0.1, 0.15) is 39.5 Å². The average Bonchev–Trinajstić information content (AvgIpc) is 2.24. The molecule has 0 heterocycles. The van der Waals surface area contributed by atoms with Gasteiger partial charge in [0.2, 0.25) is 0 Å². The second kappa shape index (κ2) is 4.55. The van der Waals surface area contributed by atoms with Gasteiger partial charge in [-0.3, -0.25) is 0 Å². The van der Waals surface area contributed by atoms with Crippen molar-refractivity contribution in [2.45, 2.75) is 45.6 Å². The molecule has 0 radical (unpaired) electrons. The van der Waals surface area contributed by atoms with Crippen LogP contribution < -0.4 is 11.1 Å². The SMILES string of the molecule is CC1(C)CCCCC1Nc1ccc(F)cc1N. The van der Waals surface area contributed by atoms with Crippen LogP contribution in [0.4, 0.5) is 15.8 Å². The van der Waals surface area contributed by atoms with Crippen LogP contribution in [0.2, 0.25) is 0 Å². The summed E-state index contributed by atoms with van der Waals surface area (Å²) in [6.07, 6.45) is 4.93. The van der Waals surface area contributed by atoms with Crippen molar-refractivity contribution in [1.82, 2.24) is 0 Å². The van der Waals surface area contributed by atoms with Gasteiger partial charge < -0.3 is 11.1 Å². The third kappa shape index (κ3) is 2.71. The molecule has 94 valence electrons. The lowest BCUT2D eigenvalue weighted by molar-refractivity contribution is 0.217. The minimum Gasteiger partial charge on any atom is -0.397 e. The van der Waals surface area contributed by atoms with Crippen LogP contribution in [-0.4, -0.2) is 6.04 Å². The maximum atomic E-state index is 13.0. The number of rotatable bonds is 2. The van der Waals surface area contributed by atoms with Gasteiger partial charge in [0.05, 0.1) is 11.4 Å². The zero-order chi connectivity index (χ0) is 12.5. The minimum atomic E-state index is -0.282. The van der Waals surface area contributed by atoms with Crippen molar-refractivity contribution in [3.63, 3.8) is 0 Å². The first-order valence-corrected chi connectivity index (χ1v) is 6.30. The first-order chi connectivity index (χ1) is 7.99. The van der Waals surface area contributed by atoms with Gasteiger partial charge in [-0.1, -0.05) is 26.7 Å². The summed E-state index contributed by atoms with van der Waals surface area (Å²) in [5.41, 5.74) is 7.45. The molecule has 2 rings (SSSR count). The second-order valence-corrected chi connectivity index (χ2v) is 5.66. The highest BCUT2D eigenvalue weighted by Gasteiger charge is 2.32. The van der Waals surface area contributed by atoms with Crippen molar-refractivity contribution < 1.29 is 4.39 Å². The van der Waals surface area contributed by atoms with E-state index in [0.717, 1.165) is 12.1 Å². The summed E-state index contributed by atoms with van der Waals surface area (Å²) in [4.78, 5) is 0. The van der Waals surface area contributed by atoms with E-state index in [2.05, 4.69) is 19.2 Å². The summed E-state index contributed by atoms with van der Waals surface area (Å²) in [6, 6.07) is 4.98. The summed E-state index contributed by atoms with van der Waals surface area (Å²) >= 11 is 0. The number of benzene rings is 1. The Balaban J connectivity index is 2.14. The lowest BCUT2D eigenvalue weighted by Crippen LogP contribution is -2.39. The Labute approximate surface area is 102 Å². The van der Waals surface area contributed by atoms with E-state index in [4.69, 9.17) is 5.73 Å². The zero-order valence-corrected chi connectivity index (χ0v) is 10.6. The fourth-order valence-electron chi connectivity index (χ4n) is 2.61. The van der Waals surface area contributed by atoms with E-state index >= 15 is 0 Å². The molecule has 0 bridgehead atoms. The van der Waals surface area contributed by atoms with Crippen LogP contribution in [0, 0.1) is 11.2 Å². The van der Waals surface area contributed by atoms with E-state index in [-0.39, 0.29) is 11.2 Å². The van der Waals surface area contributed by atoms with Gasteiger partial charge in [-0.25, -0.2) is 4.39 Å². The van der Waals surface area contributed by atoms with Gasteiger partial charge in [0.25, 0.3) is 0 Å². The van der Waals surface area contributed by atoms with Crippen molar-refractivity contribution in [3.8, 4) is 0 Å². The van der Waals surface area contributed by atoms with E-state index < -0.39 is 0 Å². The Hall–Kier alpha value is -1.25. The number of halogens is 1. The lowest BCUT2D eigenvalue weighted by atomic mass is 9.73. The van der Waals surface area contributed by atoms with Crippen molar-refractivity contribution in [2.75, 3.05) is 11.1 Å². The molecule has 1 aromatic rings. The van der Waals surface area contributed by atoms with E-state index in [1.165, 1.54) is 31.4 Å². The molecule has 1 unspecified atom stereocenters. The predicted molar refractivity (Wildman–Crippen MR) is 70.5 cm³/mol. The molecule has 1 aliphatic rings. The largest absolute Gasteiger partial charge is 0.397 e. The maximum Gasteiger partial charge on any atom is 0.125 e. The van der Waals surface area contributed by atoms with E-state index in [9.17, 15) is 4.39 Å². The van der Waals surface area contributed by atoms with Crippen LogP contribution in [-0.2, 0) is 0 Å². The molecule has 0 amide bonds. The van der Waals surface area contributed by atoms with E-state index in [0.29, 0.717) is 11.7 Å². The van der Waals surface area contributed by atoms with Crippen LogP contribution >= 0.6 is 0 Å². The smallest absolute Gasteiger partial charge is 0.125 e. The Morgan fingerprint density at radius 3 is 2.76 bits per heavy atom. The molecule has 1 aliphatic carbocycles. The highest BCUT2D eigenvalue weighted by Crippen LogP contribution is 2.38. The fourth-order valence-corrected chi connectivity index (χ4v) is 2.61. The third-order valence-corrected chi connectivity index (χ3v) is 3.85. The lowest BCUT2D eigenvalue weighted by Gasteiger charge is -2.39. The average molecular weight is 236 g/mol. The van der Waals surface area contributed by atoms with Crippen LogP contribution in [0.5, 0.6) is 0 Å². The van der Waals surface area contributed by atoms with Gasteiger partial charge in [0, 0.05) is 6.04 Å². The first kappa shape index (κ1) is 12.2. The number of anilines is 2. The number of hydrogen-bond acceptors (Lipinski definition) is 2. The van der Waals surface area contributed by atoms with Crippen LogP contribution in [0.15, 0.2) is 18.2 Å². The van der Waals surface area contributed by atoms with E-state index in [1.807, 2.05) is 0 Å². The third-order valence-electron chi connectivity index (χ3n) is 3.85. The Morgan fingerprint density at radius 2 is 2.12 bits per heavy atom. The summed E-state index contributed by atoms with van der Waals surface area (Å²) < 4.78 is 13.0. The van der Waals surface area contributed by atoms with Crippen LogP contribution in [0.25, 0.3) is 0 Å². The molecule has 1 fully saturated rings. The number of nitrogen functional groups attached to an aromatic ring is 1. The van der Waals surface area contributed by atoms with E-state index in [1.54, 1.807) is 6.07 Å². The molecule has 0 spiro atoms. The molecule has 0 aliphatic heterocycles. The van der Waals surface area contributed by atoms with Gasteiger partial charge in [0.1, 0.15) is 5.82 Å². The fraction of sp³-hybridized carbons (Fsp3) is 0.571. The molecular formula is C14H21FN2. The second-order valence-electron chi connectivity index (χ2n) is 5.66. The summed E-state index contributed by atoms with van der Waals surface area (Å²) in [5, 5.41) is 3.47. The molecule has 2 nitrogen and oxygen atoms in total. The van der Waals surface area contributed by atoms with Gasteiger partial charge in [-0.2, -0.15) is 0 Å². The highest BCUT2D eigenvalue weighted by molar-refractivity contribution is 5.66. The van der Waals surface area contributed by atoms with Gasteiger partial charge in [0.15, 0.2) is 0 Å². The maximum absolute atomic E-state index is 13.0. The zero-order valence-electron chi connectivity index (χ0n) is 10.6. The molecule has 0 saturated heterocycles. The summed E-state index contributed by atoms with van der Waals surface area (Å²) in [6.45, 7) is 4.56. The standard InChI is InChI=1S/C14H21FN2/c1-14(2)8-4-3-5-13(14)17-12-7-6-10(15)9-11(12)16/h6-7,9,13,17H,3-5,8,16H2,1-2H3. The number of nitrogens with one attached hydrogen (secondary N) is 1. The topological polar surface area (TPSA) is 38.0 Å². The molecule has 1 atom stereocenters. The van der Waals surface area contributed by atoms with Crippen molar-refractivity contribution >= 4 is 11.4 Å². The van der Waals surface area contributed by atoms with Crippen molar-refractivity contribution in [1.29, 1.82) is 0 Å². The van der Waals surface area contributed by atoms with Crippen molar-refractivity contribution in [3.05, 3.63) is 24.0 Å². The molecule has 3 heteroatoms. The minimum absolute atomic E-state index is 0.277. The molecule has 1 aromatic carbocycles. The molecule has 3 N–H and O–H groups in total. The van der Waals surface area contributed by atoms with Crippen LogP contribution in [0.3, 0.4) is 0 Å². The van der Waals surface area contributed by atoms with Gasteiger partial charge >= 0.3 is 0 Å². The monoisotopic (exact) mass is 236 g/mol. The summed E-state index contributed by atoms with van der Waals surface area (Å²) in [7, 11) is 0. The number of nitrogens with two attached hydrogens (primary N) is 1. The quantitative estimate of drug-likeness (QED) is 0.767. The molecule has 17 heavy (non-hydrogen) atoms. The molecular weight excluding hydrogens is 215 g/mol. The molecule has 0 aromatic heterocycles. The predicted octanol–water partition coefficient (Wildman–Crippen LogP) is 3.79. The van der Waals surface area contributed by atoms with Gasteiger partial charge in [-0.15, -0.1) is 0 Å². The highest BCUT2D eigenvalue weighted by atomic mass is 19.1. The van der Waals surface area contributed by atoms with Gasteiger partial charge in [-0.05, 0) is 36.5 Å². The number of hydrogen-bond donors (Lipinski definition) is 2. The Morgan fingerprint density at radius 1 is 1.35 bits per heavy atom. The van der Waals surface area contributed by atoms with Crippen molar-refractivity contribution in [2.24, 2.45) is 5.41 Å². The Kier molecular flexibility index (Phi) is 3.27. The first-order valence-electron chi connectivity index (χ1n) is 6.30. The Bertz CT molecular complexity index is 401.